The van der Waals surface area contributed by atoms with Crippen LogP contribution in [0.3, 0.4) is 0 Å². The number of ether oxygens (including phenoxy) is 1. The zero-order chi connectivity index (χ0) is 9.52. The topological polar surface area (TPSA) is 43.4 Å². The lowest BCUT2D eigenvalue weighted by Gasteiger charge is -1.88. The number of rotatable bonds is 0. The van der Waals surface area contributed by atoms with Crippen LogP contribution in [-0.2, 0) is 14.3 Å². The van der Waals surface area contributed by atoms with Gasteiger partial charge in [-0.3, -0.25) is 9.59 Å². The molecular formula is C10H12O3. The van der Waals surface area contributed by atoms with E-state index in [4.69, 9.17) is 0 Å². The molecule has 1 saturated heterocycles. The van der Waals surface area contributed by atoms with Gasteiger partial charge in [0, 0.05) is 12.8 Å². The molecule has 1 aliphatic carbocycles. The van der Waals surface area contributed by atoms with Crippen LogP contribution in [0.15, 0.2) is 24.3 Å². The van der Waals surface area contributed by atoms with Gasteiger partial charge in [-0.2, -0.15) is 0 Å². The van der Waals surface area contributed by atoms with E-state index in [-0.39, 0.29) is 11.8 Å². The highest BCUT2D eigenvalue weighted by Crippen LogP contribution is 2.01. The molecule has 0 N–H and O–H groups in total. The van der Waals surface area contributed by atoms with Crippen molar-refractivity contribution in [1.29, 1.82) is 0 Å². The van der Waals surface area contributed by atoms with Crippen LogP contribution in [-0.4, -0.2) is 18.4 Å². The van der Waals surface area contributed by atoms with E-state index in [1.165, 1.54) is 0 Å². The van der Waals surface area contributed by atoms with Crippen LogP contribution in [0.2, 0.25) is 0 Å². The molecule has 3 heteroatoms. The third-order valence-electron chi connectivity index (χ3n) is 1.64. The number of hydrogen-bond donors (Lipinski definition) is 0. The van der Waals surface area contributed by atoms with Gasteiger partial charge in [-0.05, 0) is 12.5 Å². The second-order valence-electron chi connectivity index (χ2n) is 2.78. The molecule has 0 bridgehead atoms. The molecule has 1 aliphatic heterocycles. The Bertz CT molecular complexity index is 243. The molecule has 0 unspecified atom stereocenters. The van der Waals surface area contributed by atoms with Crippen molar-refractivity contribution in [3.05, 3.63) is 24.3 Å². The van der Waals surface area contributed by atoms with E-state index < -0.39 is 0 Å². The molecule has 0 aromatic carbocycles. The average molecular weight is 180 g/mol. The third kappa shape index (κ3) is 4.25. The number of carbonyl (C=O) groups excluding carboxylic acids is 2. The number of hydrogen-bond acceptors (Lipinski definition) is 3. The summed E-state index contributed by atoms with van der Waals surface area (Å²) in [5.74, 6) is 0.150. The lowest BCUT2D eigenvalue weighted by Crippen LogP contribution is -1.90. The number of esters is 1. The summed E-state index contributed by atoms with van der Waals surface area (Å²) in [6.45, 7) is 0.638. The molecule has 0 spiro atoms. The summed E-state index contributed by atoms with van der Waals surface area (Å²) >= 11 is 0. The first kappa shape index (κ1) is 9.71. The van der Waals surface area contributed by atoms with Gasteiger partial charge < -0.3 is 4.74 Å². The molecule has 0 radical (unpaired) electrons. The highest BCUT2D eigenvalue weighted by molar-refractivity contribution is 5.92. The molecule has 13 heavy (non-hydrogen) atoms. The van der Waals surface area contributed by atoms with E-state index in [0.717, 1.165) is 6.42 Å². The Morgan fingerprint density at radius 2 is 2.08 bits per heavy atom. The van der Waals surface area contributed by atoms with Gasteiger partial charge in [0.2, 0.25) is 0 Å². The maximum atomic E-state index is 10.3. The summed E-state index contributed by atoms with van der Waals surface area (Å²) in [5.41, 5.74) is 0. The van der Waals surface area contributed by atoms with Gasteiger partial charge in [0.05, 0.1) is 6.61 Å². The van der Waals surface area contributed by atoms with Crippen molar-refractivity contribution < 1.29 is 14.3 Å². The number of cyclic esters (lactones) is 1. The van der Waals surface area contributed by atoms with E-state index in [1.54, 1.807) is 12.2 Å². The van der Waals surface area contributed by atoms with Crippen molar-refractivity contribution in [3.63, 3.8) is 0 Å². The summed E-state index contributed by atoms with van der Waals surface area (Å²) in [6.07, 6.45) is 9.19. The van der Waals surface area contributed by atoms with Crippen LogP contribution in [0.5, 0.6) is 0 Å². The van der Waals surface area contributed by atoms with E-state index in [1.807, 2.05) is 12.2 Å². The van der Waals surface area contributed by atoms with E-state index in [0.29, 0.717) is 19.4 Å². The summed E-state index contributed by atoms with van der Waals surface area (Å²) in [4.78, 5) is 20.3. The minimum atomic E-state index is -0.0463. The minimum absolute atomic E-state index is 0.0463. The fourth-order valence-corrected chi connectivity index (χ4v) is 0.968. The van der Waals surface area contributed by atoms with Crippen LogP contribution in [0.1, 0.15) is 19.3 Å². The van der Waals surface area contributed by atoms with Crippen LogP contribution in [0.25, 0.3) is 0 Å². The molecule has 3 nitrogen and oxygen atoms in total. The number of ketones is 1. The minimum Gasteiger partial charge on any atom is -0.466 e. The first-order valence-electron chi connectivity index (χ1n) is 4.31. The van der Waals surface area contributed by atoms with Crippen molar-refractivity contribution >= 4 is 11.8 Å². The van der Waals surface area contributed by atoms with Gasteiger partial charge in [0.25, 0.3) is 0 Å². The average Bonchev–Trinajstić information content (AvgIpc) is 2.58. The van der Waals surface area contributed by atoms with Crippen LogP contribution < -0.4 is 0 Å². The molecule has 2 rings (SSSR count). The van der Waals surface area contributed by atoms with E-state index >= 15 is 0 Å². The maximum absolute atomic E-state index is 10.3. The summed E-state index contributed by atoms with van der Waals surface area (Å²) in [6, 6.07) is 0. The predicted molar refractivity (Wildman–Crippen MR) is 48.1 cm³/mol. The largest absolute Gasteiger partial charge is 0.466 e. The fraction of sp³-hybridized carbons (Fsp3) is 0.400. The fourth-order valence-electron chi connectivity index (χ4n) is 0.968. The maximum Gasteiger partial charge on any atom is 0.305 e. The Morgan fingerprint density at radius 1 is 1.23 bits per heavy atom. The lowest BCUT2D eigenvalue weighted by molar-refractivity contribution is -0.137. The Balaban J connectivity index is 0.000000132. The van der Waals surface area contributed by atoms with Crippen molar-refractivity contribution in [2.75, 3.05) is 6.61 Å². The summed E-state index contributed by atoms with van der Waals surface area (Å²) in [5, 5.41) is 0. The monoisotopic (exact) mass is 180 g/mol. The van der Waals surface area contributed by atoms with Gasteiger partial charge in [0.1, 0.15) is 0 Å². The van der Waals surface area contributed by atoms with Gasteiger partial charge in [-0.25, -0.2) is 0 Å². The Hall–Kier alpha value is -1.38. The quantitative estimate of drug-likeness (QED) is 0.529. The molecule has 0 atom stereocenters. The van der Waals surface area contributed by atoms with E-state index in [2.05, 4.69) is 4.74 Å². The SMILES string of the molecule is O=C1C=CC=CC1.O=C1CCCO1. The Kier molecular flexibility index (Phi) is 3.96. The number of allylic oxidation sites excluding steroid dienone is 4. The summed E-state index contributed by atoms with van der Waals surface area (Å²) in [7, 11) is 0. The molecule has 1 fully saturated rings. The molecule has 70 valence electrons. The zero-order valence-corrected chi connectivity index (χ0v) is 7.36. The summed E-state index contributed by atoms with van der Waals surface area (Å²) < 4.78 is 4.51. The number of carbonyl (C=O) groups is 2. The van der Waals surface area contributed by atoms with E-state index in [9.17, 15) is 9.59 Å². The second kappa shape index (κ2) is 5.30. The standard InChI is InChI=1S/C6H6O.C4H6O2/c7-6-4-2-1-3-5-6;5-4-2-1-3-6-4/h1-4H,5H2;1-3H2. The molecule has 2 aliphatic rings. The first-order valence-corrected chi connectivity index (χ1v) is 4.31. The first-order chi connectivity index (χ1) is 6.29. The zero-order valence-electron chi connectivity index (χ0n) is 7.36. The second-order valence-corrected chi connectivity index (χ2v) is 2.78. The molecule has 0 saturated carbocycles. The normalized spacial score (nSPS) is 19.4. The molecule has 0 amide bonds. The highest BCUT2D eigenvalue weighted by atomic mass is 16.5. The van der Waals surface area contributed by atoms with Crippen LogP contribution >= 0.6 is 0 Å². The smallest absolute Gasteiger partial charge is 0.305 e. The van der Waals surface area contributed by atoms with Crippen molar-refractivity contribution in [2.24, 2.45) is 0 Å². The third-order valence-corrected chi connectivity index (χ3v) is 1.64. The Morgan fingerprint density at radius 3 is 2.31 bits per heavy atom. The highest BCUT2D eigenvalue weighted by Gasteiger charge is 2.08. The lowest BCUT2D eigenvalue weighted by atomic mass is 10.2. The Labute approximate surface area is 77.1 Å². The van der Waals surface area contributed by atoms with Crippen molar-refractivity contribution in [1.82, 2.24) is 0 Å². The molecule has 1 heterocycles. The van der Waals surface area contributed by atoms with Gasteiger partial charge in [-0.15, -0.1) is 0 Å². The van der Waals surface area contributed by atoms with Gasteiger partial charge >= 0.3 is 5.97 Å². The van der Waals surface area contributed by atoms with Crippen LogP contribution in [0.4, 0.5) is 0 Å². The van der Waals surface area contributed by atoms with Gasteiger partial charge in [-0.1, -0.05) is 18.2 Å². The van der Waals surface area contributed by atoms with Crippen molar-refractivity contribution in [3.8, 4) is 0 Å². The molecule has 0 aromatic rings. The predicted octanol–water partition coefficient (Wildman–Crippen LogP) is 1.39. The molecule has 0 aromatic heterocycles. The molecular weight excluding hydrogens is 168 g/mol. The van der Waals surface area contributed by atoms with Gasteiger partial charge in [0.15, 0.2) is 5.78 Å². The van der Waals surface area contributed by atoms with Crippen LogP contribution in [0, 0.1) is 0 Å². The van der Waals surface area contributed by atoms with Crippen molar-refractivity contribution in [2.45, 2.75) is 19.3 Å².